The zero-order valence-corrected chi connectivity index (χ0v) is 17.7. The van der Waals surface area contributed by atoms with Crippen LogP contribution in [0, 0.1) is 17.3 Å². The van der Waals surface area contributed by atoms with Crippen LogP contribution in [0.1, 0.15) is 66.4 Å². The van der Waals surface area contributed by atoms with Crippen molar-refractivity contribution in [2.75, 3.05) is 7.11 Å². The van der Waals surface area contributed by atoms with Crippen molar-refractivity contribution in [2.45, 2.75) is 57.0 Å². The van der Waals surface area contributed by atoms with E-state index in [0.29, 0.717) is 35.5 Å². The van der Waals surface area contributed by atoms with Gasteiger partial charge >= 0.3 is 0 Å². The number of phenols is 1. The standard InChI is InChI=1S/C26H30O4/c1-25-12-10-18-19(9-8-17-14-22(27)23(30-2)15-20(17)18)21(25)11-13-26(25,29)24(28)16-6-4-3-5-7-16/h3-7,14-15,18-19,21,27,29H,8-13H2,1-2H3/t18-,19+,21-,25-,26+/m0/s1. The van der Waals surface area contributed by atoms with Crippen molar-refractivity contribution in [3.8, 4) is 11.5 Å². The number of benzene rings is 2. The average molecular weight is 407 g/mol. The number of Topliss-reactive ketones (excluding diaryl/α,β-unsaturated/α-hetero) is 1. The largest absolute Gasteiger partial charge is 0.504 e. The summed E-state index contributed by atoms with van der Waals surface area (Å²) in [6.45, 7) is 2.15. The Hall–Kier alpha value is -2.33. The third-order valence-electron chi connectivity index (χ3n) is 8.59. The molecule has 158 valence electrons. The number of rotatable bonds is 3. The van der Waals surface area contributed by atoms with E-state index in [1.54, 1.807) is 7.11 Å². The van der Waals surface area contributed by atoms with Crippen molar-refractivity contribution in [1.82, 2.24) is 0 Å². The summed E-state index contributed by atoms with van der Waals surface area (Å²) < 4.78 is 5.38. The van der Waals surface area contributed by atoms with Gasteiger partial charge < -0.3 is 14.9 Å². The Bertz CT molecular complexity index is 984. The van der Waals surface area contributed by atoms with Gasteiger partial charge in [0.15, 0.2) is 17.3 Å². The lowest BCUT2D eigenvalue weighted by Gasteiger charge is -2.52. The van der Waals surface area contributed by atoms with Crippen molar-refractivity contribution < 1.29 is 19.7 Å². The first-order chi connectivity index (χ1) is 14.4. The number of carbonyl (C=O) groups is 1. The number of ketones is 1. The third-order valence-corrected chi connectivity index (χ3v) is 8.59. The molecule has 0 spiro atoms. The monoisotopic (exact) mass is 406 g/mol. The molecule has 0 aromatic heterocycles. The number of fused-ring (bicyclic) bond motifs is 5. The number of carbonyl (C=O) groups excluding carboxylic acids is 1. The zero-order chi connectivity index (χ0) is 21.1. The first-order valence-electron chi connectivity index (χ1n) is 11.1. The smallest absolute Gasteiger partial charge is 0.194 e. The number of ether oxygens (including phenoxy) is 1. The molecule has 0 bridgehead atoms. The molecule has 30 heavy (non-hydrogen) atoms. The molecule has 0 aliphatic heterocycles. The highest BCUT2D eigenvalue weighted by molar-refractivity contribution is 6.03. The van der Waals surface area contributed by atoms with Crippen molar-refractivity contribution in [2.24, 2.45) is 17.3 Å². The molecule has 5 atom stereocenters. The van der Waals surface area contributed by atoms with Crippen LogP contribution >= 0.6 is 0 Å². The van der Waals surface area contributed by atoms with Crippen LogP contribution in [0.5, 0.6) is 11.5 Å². The van der Waals surface area contributed by atoms with Crippen LogP contribution in [0.2, 0.25) is 0 Å². The Morgan fingerprint density at radius 3 is 2.60 bits per heavy atom. The van der Waals surface area contributed by atoms with Crippen molar-refractivity contribution >= 4 is 5.78 Å². The van der Waals surface area contributed by atoms with Gasteiger partial charge in [-0.25, -0.2) is 0 Å². The fourth-order valence-electron chi connectivity index (χ4n) is 6.97. The summed E-state index contributed by atoms with van der Waals surface area (Å²) in [7, 11) is 1.59. The highest BCUT2D eigenvalue weighted by Crippen LogP contribution is 2.65. The van der Waals surface area contributed by atoms with Gasteiger partial charge in [-0.15, -0.1) is 0 Å². The Labute approximate surface area is 177 Å². The van der Waals surface area contributed by atoms with Crippen LogP contribution in [0.4, 0.5) is 0 Å². The summed E-state index contributed by atoms with van der Waals surface area (Å²) in [6.07, 6.45) is 5.17. The fourth-order valence-corrected chi connectivity index (χ4v) is 6.97. The molecule has 5 rings (SSSR count). The van der Waals surface area contributed by atoms with E-state index in [0.717, 1.165) is 32.1 Å². The molecule has 0 saturated heterocycles. The minimum absolute atomic E-state index is 0.116. The summed E-state index contributed by atoms with van der Waals surface area (Å²) in [5.74, 6) is 1.79. The summed E-state index contributed by atoms with van der Waals surface area (Å²) in [6, 6.07) is 13.1. The number of methoxy groups -OCH3 is 1. The maximum absolute atomic E-state index is 13.4. The van der Waals surface area contributed by atoms with Crippen LogP contribution in [0.25, 0.3) is 0 Å². The minimum atomic E-state index is -1.29. The second-order valence-corrected chi connectivity index (χ2v) is 9.69. The maximum Gasteiger partial charge on any atom is 0.194 e. The normalized spacial score (nSPS) is 34.6. The van der Waals surface area contributed by atoms with E-state index in [1.165, 1.54) is 11.1 Å². The third kappa shape index (κ3) is 2.59. The SMILES string of the molecule is COc1cc2c(cc1O)CC[C@@H]1[C@@H]2CC[C@@]2(C)[C@H]1CC[C@@]2(O)C(=O)c1ccccc1. The lowest BCUT2D eigenvalue weighted by atomic mass is 9.52. The number of aromatic hydroxyl groups is 1. The molecule has 4 nitrogen and oxygen atoms in total. The summed E-state index contributed by atoms with van der Waals surface area (Å²) in [5, 5.41) is 22.0. The molecular weight excluding hydrogens is 376 g/mol. The summed E-state index contributed by atoms with van der Waals surface area (Å²) in [4.78, 5) is 13.4. The van der Waals surface area contributed by atoms with Gasteiger partial charge in [-0.2, -0.15) is 0 Å². The molecule has 0 amide bonds. The molecule has 2 fully saturated rings. The van der Waals surface area contributed by atoms with Gasteiger partial charge in [0.2, 0.25) is 0 Å². The first kappa shape index (κ1) is 19.6. The molecule has 3 aliphatic rings. The lowest BCUT2D eigenvalue weighted by molar-refractivity contribution is -0.0773. The second-order valence-electron chi connectivity index (χ2n) is 9.69. The van der Waals surface area contributed by atoms with E-state index in [4.69, 9.17) is 4.74 Å². The van der Waals surface area contributed by atoms with Crippen LogP contribution < -0.4 is 4.74 Å². The van der Waals surface area contributed by atoms with E-state index < -0.39 is 11.0 Å². The van der Waals surface area contributed by atoms with Crippen LogP contribution in [0.15, 0.2) is 42.5 Å². The number of phenolic OH excluding ortho intramolecular Hbond substituents is 1. The fraction of sp³-hybridized carbons (Fsp3) is 0.500. The van der Waals surface area contributed by atoms with E-state index in [-0.39, 0.29) is 11.5 Å². The van der Waals surface area contributed by atoms with Crippen LogP contribution in [0.3, 0.4) is 0 Å². The molecule has 0 radical (unpaired) electrons. The first-order valence-corrected chi connectivity index (χ1v) is 11.1. The molecule has 2 N–H and O–H groups in total. The zero-order valence-electron chi connectivity index (χ0n) is 17.7. The molecular formula is C26H30O4. The quantitative estimate of drug-likeness (QED) is 0.714. The van der Waals surface area contributed by atoms with Crippen molar-refractivity contribution in [3.63, 3.8) is 0 Å². The molecule has 2 aromatic carbocycles. The van der Waals surface area contributed by atoms with Crippen LogP contribution in [-0.2, 0) is 6.42 Å². The van der Waals surface area contributed by atoms with E-state index in [1.807, 2.05) is 42.5 Å². The van der Waals surface area contributed by atoms with E-state index in [2.05, 4.69) is 6.92 Å². The Kier molecular flexibility index (Phi) is 4.48. The molecule has 2 aromatic rings. The van der Waals surface area contributed by atoms with Gasteiger partial charge in [0.1, 0.15) is 5.60 Å². The van der Waals surface area contributed by atoms with Gasteiger partial charge in [0.05, 0.1) is 7.11 Å². The summed E-state index contributed by atoms with van der Waals surface area (Å²) in [5.41, 5.74) is 1.41. The van der Waals surface area contributed by atoms with Crippen molar-refractivity contribution in [3.05, 3.63) is 59.2 Å². The molecule has 0 heterocycles. The highest BCUT2D eigenvalue weighted by Gasteiger charge is 2.64. The minimum Gasteiger partial charge on any atom is -0.504 e. The molecule has 3 aliphatic carbocycles. The highest BCUT2D eigenvalue weighted by atomic mass is 16.5. The average Bonchev–Trinajstić information content (AvgIpc) is 3.05. The Morgan fingerprint density at radius 1 is 1.10 bits per heavy atom. The van der Waals surface area contributed by atoms with Crippen LogP contribution in [-0.4, -0.2) is 28.7 Å². The predicted molar refractivity (Wildman–Crippen MR) is 115 cm³/mol. The Morgan fingerprint density at radius 2 is 1.87 bits per heavy atom. The van der Waals surface area contributed by atoms with Crippen molar-refractivity contribution in [1.29, 1.82) is 0 Å². The second kappa shape index (κ2) is 6.84. The lowest BCUT2D eigenvalue weighted by Crippen LogP contribution is -2.55. The number of aliphatic hydroxyl groups is 1. The maximum atomic E-state index is 13.4. The molecule has 4 heteroatoms. The van der Waals surface area contributed by atoms with E-state index in [9.17, 15) is 15.0 Å². The van der Waals surface area contributed by atoms with Gasteiger partial charge in [-0.05, 0) is 79.5 Å². The van der Waals surface area contributed by atoms with Gasteiger partial charge in [-0.3, -0.25) is 4.79 Å². The van der Waals surface area contributed by atoms with Gasteiger partial charge in [-0.1, -0.05) is 37.3 Å². The topological polar surface area (TPSA) is 66.8 Å². The molecule has 0 unspecified atom stereocenters. The summed E-state index contributed by atoms with van der Waals surface area (Å²) >= 11 is 0. The van der Waals surface area contributed by atoms with Gasteiger partial charge in [0.25, 0.3) is 0 Å². The van der Waals surface area contributed by atoms with Gasteiger partial charge in [0, 0.05) is 11.0 Å². The van der Waals surface area contributed by atoms with E-state index >= 15 is 0 Å². The number of hydrogen-bond donors (Lipinski definition) is 2. The predicted octanol–water partition coefficient (Wildman–Crippen LogP) is 4.87. The number of aryl methyl sites for hydroxylation is 1. The Balaban J connectivity index is 1.49. The molecule has 2 saturated carbocycles. The number of hydrogen-bond acceptors (Lipinski definition) is 4.